The summed E-state index contributed by atoms with van der Waals surface area (Å²) in [5.74, 6) is -0.0146. The lowest BCUT2D eigenvalue weighted by molar-refractivity contribution is -0.0635. The molecule has 19 nitrogen and oxygen atoms in total. The van der Waals surface area contributed by atoms with Crippen LogP contribution in [0.3, 0.4) is 0 Å². The van der Waals surface area contributed by atoms with Crippen LogP contribution in [0.25, 0.3) is 11.2 Å². The molecule has 0 bridgehead atoms. The predicted molar refractivity (Wildman–Crippen MR) is 126 cm³/mol. The van der Waals surface area contributed by atoms with Crippen LogP contribution in [0.1, 0.15) is 12.5 Å². The van der Waals surface area contributed by atoms with Crippen molar-refractivity contribution in [3.63, 3.8) is 0 Å². The molecule has 2 fully saturated rings. The lowest BCUT2D eigenvalue weighted by atomic mass is 10.1. The molecule has 2 aliphatic heterocycles. The summed E-state index contributed by atoms with van der Waals surface area (Å²) < 4.78 is 36.3. The molecule has 212 valence electrons. The van der Waals surface area contributed by atoms with Crippen molar-refractivity contribution in [3.8, 4) is 0 Å². The molecule has 5 heterocycles. The van der Waals surface area contributed by atoms with Gasteiger partial charge in [-0.1, -0.05) is 0 Å². The lowest BCUT2D eigenvalue weighted by Crippen LogP contribution is -2.36. The fraction of sp³-hybridized carbons (Fsp3) is 0.526. The van der Waals surface area contributed by atoms with Crippen molar-refractivity contribution in [1.82, 2.24) is 29.1 Å². The van der Waals surface area contributed by atoms with Gasteiger partial charge in [0.15, 0.2) is 23.9 Å². The molecule has 3 aromatic heterocycles. The number of rotatable bonds is 8. The number of nitrogen functional groups attached to an aromatic ring is 2. The van der Waals surface area contributed by atoms with Gasteiger partial charge in [0, 0.05) is 6.20 Å². The van der Waals surface area contributed by atoms with Gasteiger partial charge in [0.2, 0.25) is 0 Å². The summed E-state index contributed by atoms with van der Waals surface area (Å²) >= 11 is 0. The first-order valence-electron chi connectivity index (χ1n) is 11.4. The molecule has 9 atom stereocenters. The van der Waals surface area contributed by atoms with Crippen LogP contribution in [-0.4, -0.2) is 104 Å². The molecule has 0 aliphatic carbocycles. The molecule has 5 rings (SSSR count). The van der Waals surface area contributed by atoms with Crippen LogP contribution in [0.2, 0.25) is 0 Å². The number of hydrogen-bond donors (Lipinski definition) is 7. The number of ether oxygens (including phenoxy) is 2. The minimum Gasteiger partial charge on any atom is -0.394 e. The van der Waals surface area contributed by atoms with Crippen LogP contribution in [0.4, 0.5) is 11.6 Å². The zero-order valence-electron chi connectivity index (χ0n) is 19.8. The SMILES string of the molecule is Nc1ccn(C2OC(COP(=O)(O)OC3C(O)C(CO)OC3n3cnc4c(N)ncnc43)C(O)C2O)c(=O)n1. The highest BCUT2D eigenvalue weighted by atomic mass is 31.2. The third-order valence-electron chi connectivity index (χ3n) is 6.27. The van der Waals surface area contributed by atoms with Crippen LogP contribution in [0, 0.1) is 0 Å². The maximum atomic E-state index is 12.9. The van der Waals surface area contributed by atoms with E-state index in [4.69, 9.17) is 30.0 Å². The molecule has 9 unspecified atom stereocenters. The summed E-state index contributed by atoms with van der Waals surface area (Å²) in [4.78, 5) is 38.0. The Morgan fingerprint density at radius 1 is 1.03 bits per heavy atom. The van der Waals surface area contributed by atoms with E-state index in [0.29, 0.717) is 0 Å². The first kappa shape index (κ1) is 27.5. The number of aliphatic hydroxyl groups is 4. The number of imidazole rings is 1. The van der Waals surface area contributed by atoms with Crippen molar-refractivity contribution in [3.05, 3.63) is 35.4 Å². The second-order valence-corrected chi connectivity index (χ2v) is 10.2. The molecule has 9 N–H and O–H groups in total. The Hall–Kier alpha value is -3.10. The zero-order valence-corrected chi connectivity index (χ0v) is 20.7. The van der Waals surface area contributed by atoms with Gasteiger partial charge in [0.05, 0.1) is 19.5 Å². The highest BCUT2D eigenvalue weighted by Crippen LogP contribution is 2.50. The Morgan fingerprint density at radius 3 is 2.49 bits per heavy atom. The van der Waals surface area contributed by atoms with Crippen LogP contribution < -0.4 is 17.2 Å². The minimum absolute atomic E-state index is 0.0530. The van der Waals surface area contributed by atoms with Crippen LogP contribution in [0.15, 0.2) is 29.7 Å². The minimum atomic E-state index is -5.01. The van der Waals surface area contributed by atoms with Crippen molar-refractivity contribution in [2.45, 2.75) is 49.1 Å². The van der Waals surface area contributed by atoms with Gasteiger partial charge in [-0.2, -0.15) is 4.98 Å². The van der Waals surface area contributed by atoms with Gasteiger partial charge in [0.1, 0.15) is 54.3 Å². The molecule has 0 amide bonds. The Kier molecular flexibility index (Phi) is 7.37. The van der Waals surface area contributed by atoms with Crippen molar-refractivity contribution in [2.24, 2.45) is 0 Å². The number of fused-ring (bicyclic) bond motifs is 1. The second-order valence-electron chi connectivity index (χ2n) is 8.74. The van der Waals surface area contributed by atoms with E-state index in [2.05, 4.69) is 19.9 Å². The van der Waals surface area contributed by atoms with Gasteiger partial charge in [0.25, 0.3) is 0 Å². The number of nitrogens with zero attached hydrogens (tertiary/aromatic N) is 6. The number of aliphatic hydroxyl groups excluding tert-OH is 4. The summed E-state index contributed by atoms with van der Waals surface area (Å²) in [5, 5.41) is 41.0. The first-order valence-corrected chi connectivity index (χ1v) is 12.9. The van der Waals surface area contributed by atoms with Gasteiger partial charge in [-0.05, 0) is 6.07 Å². The van der Waals surface area contributed by atoms with E-state index < -0.39 is 75.8 Å². The summed E-state index contributed by atoms with van der Waals surface area (Å²) in [5.41, 5.74) is 10.7. The molecular formula is C19H25N8O11P. The van der Waals surface area contributed by atoms with E-state index in [-0.39, 0.29) is 22.8 Å². The molecule has 3 aromatic rings. The number of phosphoric acid groups is 1. The van der Waals surface area contributed by atoms with E-state index in [1.165, 1.54) is 23.2 Å². The highest BCUT2D eigenvalue weighted by Gasteiger charge is 2.50. The first-order chi connectivity index (χ1) is 18.5. The Morgan fingerprint density at radius 2 is 1.77 bits per heavy atom. The Labute approximate surface area is 217 Å². The average Bonchev–Trinajstić information content (AvgIpc) is 3.53. The molecular weight excluding hydrogens is 547 g/mol. The topological polar surface area (TPSA) is 286 Å². The summed E-state index contributed by atoms with van der Waals surface area (Å²) in [6.07, 6.45) is -8.09. The standard InChI is InChI=1S/C19H25N8O11P/c20-9-1-2-26(19(32)25-9)17-13(31)11(29)8(37-17)4-35-39(33,34)38-14-12(30)7(3-28)36-18(14)27-6-24-10-15(21)22-5-23-16(10)27/h1-2,5-8,11-14,17-18,28-31H,3-4H2,(H,33,34)(H2,20,25,32)(H2,21,22,23). The molecule has 2 aliphatic rings. The number of aromatic nitrogens is 6. The van der Waals surface area contributed by atoms with E-state index in [9.17, 15) is 34.7 Å². The smallest absolute Gasteiger partial charge is 0.394 e. The lowest BCUT2D eigenvalue weighted by Gasteiger charge is -2.24. The summed E-state index contributed by atoms with van der Waals surface area (Å²) in [6.45, 7) is -1.42. The maximum Gasteiger partial charge on any atom is 0.472 e. The average molecular weight is 572 g/mol. The second kappa shape index (κ2) is 10.5. The third-order valence-corrected chi connectivity index (χ3v) is 7.26. The van der Waals surface area contributed by atoms with Crippen LogP contribution >= 0.6 is 7.82 Å². The Balaban J connectivity index is 1.31. The largest absolute Gasteiger partial charge is 0.472 e. The molecule has 0 aromatic carbocycles. The molecule has 0 spiro atoms. The number of anilines is 2. The van der Waals surface area contributed by atoms with E-state index in [1.807, 2.05) is 0 Å². The van der Waals surface area contributed by atoms with E-state index >= 15 is 0 Å². The van der Waals surface area contributed by atoms with Crippen molar-refractivity contribution in [2.75, 3.05) is 24.7 Å². The third kappa shape index (κ3) is 5.12. The molecule has 39 heavy (non-hydrogen) atoms. The highest BCUT2D eigenvalue weighted by molar-refractivity contribution is 7.47. The van der Waals surface area contributed by atoms with Crippen LogP contribution in [-0.2, 0) is 23.1 Å². The molecule has 0 saturated carbocycles. The van der Waals surface area contributed by atoms with Crippen LogP contribution in [0.5, 0.6) is 0 Å². The number of hydrogen-bond acceptors (Lipinski definition) is 16. The maximum absolute atomic E-state index is 12.9. The molecule has 20 heteroatoms. The van der Waals surface area contributed by atoms with Gasteiger partial charge < -0.3 is 46.3 Å². The van der Waals surface area contributed by atoms with Gasteiger partial charge in [-0.3, -0.25) is 18.2 Å². The fourth-order valence-electron chi connectivity index (χ4n) is 4.33. The van der Waals surface area contributed by atoms with Crippen molar-refractivity contribution in [1.29, 1.82) is 0 Å². The van der Waals surface area contributed by atoms with Crippen molar-refractivity contribution >= 4 is 30.6 Å². The normalized spacial score (nSPS) is 32.5. The van der Waals surface area contributed by atoms with Gasteiger partial charge in [-0.15, -0.1) is 0 Å². The predicted octanol–water partition coefficient (Wildman–Crippen LogP) is -3.38. The zero-order chi connectivity index (χ0) is 28.1. The number of phosphoric ester groups is 1. The summed E-state index contributed by atoms with van der Waals surface area (Å²) in [7, 11) is -5.01. The molecule has 2 saturated heterocycles. The fourth-order valence-corrected chi connectivity index (χ4v) is 5.26. The van der Waals surface area contributed by atoms with E-state index in [0.717, 1.165) is 10.9 Å². The van der Waals surface area contributed by atoms with Crippen molar-refractivity contribution < 1.29 is 48.4 Å². The molecule has 0 radical (unpaired) electrons. The van der Waals surface area contributed by atoms with E-state index in [1.54, 1.807) is 0 Å². The quantitative estimate of drug-likeness (QED) is 0.130. The van der Waals surface area contributed by atoms with Gasteiger partial charge >= 0.3 is 13.5 Å². The monoisotopic (exact) mass is 572 g/mol. The van der Waals surface area contributed by atoms with Gasteiger partial charge in [-0.25, -0.2) is 24.3 Å². The summed E-state index contributed by atoms with van der Waals surface area (Å²) in [6, 6.07) is 1.28. The number of nitrogens with two attached hydrogens (primary N) is 2. The Bertz CT molecular complexity index is 1450.